The van der Waals surface area contributed by atoms with Gasteiger partial charge in [0.25, 0.3) is 0 Å². The first-order valence-electron chi connectivity index (χ1n) is 9.08. The highest BCUT2D eigenvalue weighted by atomic mass is 19.1. The molecule has 0 spiro atoms. The Morgan fingerprint density at radius 2 is 2.15 bits per heavy atom. The van der Waals surface area contributed by atoms with Crippen LogP contribution in [0.3, 0.4) is 0 Å². The summed E-state index contributed by atoms with van der Waals surface area (Å²) < 4.78 is 20.0. The second-order valence-corrected chi connectivity index (χ2v) is 7.90. The summed E-state index contributed by atoms with van der Waals surface area (Å²) in [6.07, 6.45) is -0.156. The summed E-state index contributed by atoms with van der Waals surface area (Å²) >= 11 is 0. The molecule has 1 saturated carbocycles. The standard InChI is InChI=1S/C19H22FN3O4/c1-11(24)21-7-14-9-23(18(26)27-14)13-3-4-16(15(20)5-13)22-8-12-6-19(2,10-22)17(12)25/h3-5,12,14H,6-10H2,1-2H3,(H,21,24)/t12?,14-,19?/m0/s1. The molecule has 1 aromatic carbocycles. The molecule has 1 N–H and O–H groups in total. The first-order valence-corrected chi connectivity index (χ1v) is 9.08. The Hall–Kier alpha value is -2.64. The van der Waals surface area contributed by atoms with E-state index in [4.69, 9.17) is 4.74 Å². The lowest BCUT2D eigenvalue weighted by atomic mass is 9.58. The first kappa shape index (κ1) is 17.8. The maximum atomic E-state index is 14.8. The number of nitrogens with one attached hydrogen (secondary N) is 1. The summed E-state index contributed by atoms with van der Waals surface area (Å²) in [4.78, 5) is 38.4. The lowest BCUT2D eigenvalue weighted by Gasteiger charge is -2.53. The van der Waals surface area contributed by atoms with Crippen LogP contribution in [0.4, 0.5) is 20.6 Å². The predicted molar refractivity (Wildman–Crippen MR) is 96.1 cm³/mol. The minimum atomic E-state index is -0.560. The average molecular weight is 375 g/mol. The Morgan fingerprint density at radius 1 is 1.37 bits per heavy atom. The summed E-state index contributed by atoms with van der Waals surface area (Å²) in [6.45, 7) is 4.84. The number of anilines is 2. The molecule has 2 amide bonds. The molecule has 4 aliphatic rings. The fourth-order valence-corrected chi connectivity index (χ4v) is 4.34. The number of nitrogens with zero attached hydrogens (tertiary/aromatic N) is 2. The van der Waals surface area contributed by atoms with Crippen molar-refractivity contribution >= 4 is 29.2 Å². The van der Waals surface area contributed by atoms with Crippen LogP contribution in [0.2, 0.25) is 0 Å². The number of halogens is 1. The van der Waals surface area contributed by atoms with E-state index in [0.29, 0.717) is 24.5 Å². The number of ether oxygens (including phenoxy) is 1. The number of rotatable bonds is 4. The van der Waals surface area contributed by atoms with Crippen molar-refractivity contribution in [3.05, 3.63) is 24.0 Å². The van der Waals surface area contributed by atoms with Gasteiger partial charge in [-0.25, -0.2) is 9.18 Å². The number of hydrogen-bond acceptors (Lipinski definition) is 5. The molecule has 4 fully saturated rings. The molecule has 3 heterocycles. The van der Waals surface area contributed by atoms with Crippen molar-refractivity contribution in [2.45, 2.75) is 26.4 Å². The van der Waals surface area contributed by atoms with Crippen LogP contribution in [0.15, 0.2) is 18.2 Å². The van der Waals surface area contributed by atoms with E-state index in [1.165, 1.54) is 17.9 Å². The molecule has 7 nitrogen and oxygen atoms in total. The summed E-state index contributed by atoms with van der Waals surface area (Å²) in [6, 6.07) is 4.66. The van der Waals surface area contributed by atoms with Gasteiger partial charge in [0.15, 0.2) is 0 Å². The minimum absolute atomic E-state index is 0.00841. The molecule has 144 valence electrons. The number of Topliss-reactive ketones (excluding diaryl/α,β-unsaturated/α-hetero) is 1. The Kier molecular flexibility index (Phi) is 4.09. The van der Waals surface area contributed by atoms with Crippen LogP contribution in [0.5, 0.6) is 0 Å². The van der Waals surface area contributed by atoms with Crippen molar-refractivity contribution in [1.82, 2.24) is 5.32 Å². The van der Waals surface area contributed by atoms with Crippen LogP contribution in [0.25, 0.3) is 0 Å². The van der Waals surface area contributed by atoms with E-state index >= 15 is 0 Å². The summed E-state index contributed by atoms with van der Waals surface area (Å²) in [5.74, 6) is -0.360. The monoisotopic (exact) mass is 375 g/mol. The van der Waals surface area contributed by atoms with Crippen LogP contribution < -0.4 is 15.1 Å². The molecular formula is C19H22FN3O4. The second kappa shape index (κ2) is 6.21. The third-order valence-electron chi connectivity index (χ3n) is 5.68. The van der Waals surface area contributed by atoms with Gasteiger partial charge >= 0.3 is 6.09 Å². The van der Waals surface area contributed by atoms with E-state index in [-0.39, 0.29) is 36.1 Å². The molecule has 0 aromatic heterocycles. The molecule has 3 aliphatic heterocycles. The average Bonchev–Trinajstić information content (AvgIpc) is 2.99. The van der Waals surface area contributed by atoms with Crippen LogP contribution in [0, 0.1) is 17.2 Å². The molecule has 1 aromatic rings. The molecule has 2 bridgehead atoms. The smallest absolute Gasteiger partial charge is 0.414 e. The zero-order valence-corrected chi connectivity index (χ0v) is 15.3. The molecule has 3 atom stereocenters. The van der Waals surface area contributed by atoms with E-state index < -0.39 is 18.0 Å². The fourth-order valence-electron chi connectivity index (χ4n) is 4.34. The molecule has 0 radical (unpaired) electrons. The number of piperidine rings is 2. The Bertz CT molecular complexity index is 829. The summed E-state index contributed by atoms with van der Waals surface area (Å²) in [7, 11) is 0. The van der Waals surface area contributed by atoms with E-state index in [1.54, 1.807) is 12.1 Å². The predicted octanol–water partition coefficient (Wildman–Crippen LogP) is 1.70. The largest absolute Gasteiger partial charge is 0.442 e. The number of amides is 2. The maximum absolute atomic E-state index is 14.8. The topological polar surface area (TPSA) is 79.0 Å². The van der Waals surface area contributed by atoms with E-state index in [9.17, 15) is 18.8 Å². The van der Waals surface area contributed by atoms with Crippen LogP contribution in [0.1, 0.15) is 20.3 Å². The van der Waals surface area contributed by atoms with Gasteiger partial charge in [0.2, 0.25) is 5.91 Å². The number of hydrogen-bond donors (Lipinski definition) is 1. The van der Waals surface area contributed by atoms with Gasteiger partial charge in [-0.1, -0.05) is 6.92 Å². The van der Waals surface area contributed by atoms with E-state index in [0.717, 1.165) is 6.42 Å². The van der Waals surface area contributed by atoms with Gasteiger partial charge in [-0.3, -0.25) is 14.5 Å². The van der Waals surface area contributed by atoms with Gasteiger partial charge in [0, 0.05) is 31.3 Å². The number of ketones is 1. The summed E-state index contributed by atoms with van der Waals surface area (Å²) in [5.41, 5.74) is 0.490. The van der Waals surface area contributed by atoms with Gasteiger partial charge in [0.05, 0.1) is 24.5 Å². The van der Waals surface area contributed by atoms with Crippen LogP contribution in [-0.4, -0.2) is 50.1 Å². The SMILES string of the molecule is CC(=O)NC[C@H]1CN(c2ccc(N3CC4CC(C)(C3)C4=O)c(F)c2)C(=O)O1. The maximum Gasteiger partial charge on any atom is 0.414 e. The third kappa shape index (κ3) is 3.02. The molecule has 2 unspecified atom stereocenters. The summed E-state index contributed by atoms with van der Waals surface area (Å²) in [5, 5.41) is 2.61. The highest BCUT2D eigenvalue weighted by Crippen LogP contribution is 2.48. The third-order valence-corrected chi connectivity index (χ3v) is 5.68. The fraction of sp³-hybridized carbons (Fsp3) is 0.526. The minimum Gasteiger partial charge on any atom is -0.442 e. The highest BCUT2D eigenvalue weighted by Gasteiger charge is 2.55. The molecule has 8 heteroatoms. The molecule has 27 heavy (non-hydrogen) atoms. The number of benzene rings is 1. The number of carbonyl (C=O) groups excluding carboxylic acids is 3. The van der Waals surface area contributed by atoms with Gasteiger partial charge in [-0.2, -0.15) is 0 Å². The van der Waals surface area contributed by atoms with Gasteiger partial charge in [0.1, 0.15) is 17.7 Å². The molecular weight excluding hydrogens is 353 g/mol. The van der Waals surface area contributed by atoms with E-state index in [2.05, 4.69) is 5.32 Å². The van der Waals surface area contributed by atoms with Gasteiger partial charge in [-0.05, 0) is 24.6 Å². The Morgan fingerprint density at radius 3 is 2.78 bits per heavy atom. The lowest BCUT2D eigenvalue weighted by molar-refractivity contribution is -0.146. The van der Waals surface area contributed by atoms with Crippen molar-refractivity contribution in [2.24, 2.45) is 11.3 Å². The van der Waals surface area contributed by atoms with Crippen molar-refractivity contribution in [1.29, 1.82) is 0 Å². The number of cyclic esters (lactones) is 1. The van der Waals surface area contributed by atoms with Gasteiger partial charge in [-0.15, -0.1) is 0 Å². The molecule has 1 aliphatic carbocycles. The van der Waals surface area contributed by atoms with E-state index in [1.807, 2.05) is 11.8 Å². The second-order valence-electron chi connectivity index (χ2n) is 7.90. The van der Waals surface area contributed by atoms with Crippen molar-refractivity contribution in [3.63, 3.8) is 0 Å². The highest BCUT2D eigenvalue weighted by molar-refractivity contribution is 5.95. The van der Waals surface area contributed by atoms with Crippen molar-refractivity contribution in [3.8, 4) is 0 Å². The van der Waals surface area contributed by atoms with Crippen LogP contribution >= 0.6 is 0 Å². The molecule has 3 saturated heterocycles. The quantitative estimate of drug-likeness (QED) is 0.867. The Balaban J connectivity index is 1.47. The lowest BCUT2D eigenvalue weighted by Crippen LogP contribution is -2.62. The zero-order valence-electron chi connectivity index (χ0n) is 15.3. The number of fused-ring (bicyclic) bond motifs is 2. The normalized spacial score (nSPS) is 29.4. The molecule has 5 rings (SSSR count). The zero-order chi connectivity index (χ0) is 19.3. The van der Waals surface area contributed by atoms with Gasteiger partial charge < -0.3 is 15.0 Å². The van der Waals surface area contributed by atoms with Crippen molar-refractivity contribution < 1.29 is 23.5 Å². The first-order chi connectivity index (χ1) is 12.8. The Labute approximate surface area is 156 Å². The van der Waals surface area contributed by atoms with Crippen molar-refractivity contribution in [2.75, 3.05) is 36.0 Å². The number of carbonyl (C=O) groups is 3. The van der Waals surface area contributed by atoms with Crippen LogP contribution in [-0.2, 0) is 14.3 Å².